The molecule has 0 aliphatic carbocycles. The summed E-state index contributed by atoms with van der Waals surface area (Å²) in [6, 6.07) is 15.3. The maximum Gasteiger partial charge on any atom is 0.249 e. The highest BCUT2D eigenvalue weighted by Gasteiger charge is 2.33. The van der Waals surface area contributed by atoms with Crippen molar-refractivity contribution in [1.29, 1.82) is 0 Å². The van der Waals surface area contributed by atoms with Crippen molar-refractivity contribution < 1.29 is 9.32 Å². The lowest BCUT2D eigenvalue weighted by molar-refractivity contribution is -0.132. The number of nitrogens with zero attached hydrogens (tertiary/aromatic N) is 4. The van der Waals surface area contributed by atoms with Gasteiger partial charge in [0.25, 0.3) is 0 Å². The van der Waals surface area contributed by atoms with Crippen LogP contribution in [0.5, 0.6) is 0 Å². The number of amides is 1. The molecular weight excluding hydrogens is 328 g/mol. The molecule has 3 heterocycles. The van der Waals surface area contributed by atoms with Crippen LogP contribution in [0.3, 0.4) is 0 Å². The topological polar surface area (TPSA) is 72.1 Å². The van der Waals surface area contributed by atoms with Gasteiger partial charge in [0, 0.05) is 30.4 Å². The number of likely N-dealkylation sites (tertiary alicyclic amines) is 1. The minimum atomic E-state index is -0.129. The summed E-state index contributed by atoms with van der Waals surface area (Å²) in [5.74, 6) is 1.19. The normalized spacial score (nSPS) is 16.8. The SMILES string of the molecule is O=C(CCc1ccccn1)N1CCCC1c1nc(-c2ccccc2)no1. The molecule has 0 saturated carbocycles. The molecule has 1 aromatic carbocycles. The first-order chi connectivity index (χ1) is 12.8. The van der Waals surface area contributed by atoms with Gasteiger partial charge >= 0.3 is 0 Å². The van der Waals surface area contributed by atoms with Gasteiger partial charge in [0.15, 0.2) is 0 Å². The zero-order valence-corrected chi connectivity index (χ0v) is 14.4. The predicted octanol–water partition coefficient (Wildman–Crippen LogP) is 3.43. The minimum absolute atomic E-state index is 0.109. The van der Waals surface area contributed by atoms with Crippen molar-refractivity contribution in [3.8, 4) is 11.4 Å². The average molecular weight is 348 g/mol. The van der Waals surface area contributed by atoms with Crippen LogP contribution >= 0.6 is 0 Å². The summed E-state index contributed by atoms with van der Waals surface area (Å²) in [6.07, 6.45) is 4.63. The fourth-order valence-corrected chi connectivity index (χ4v) is 3.32. The molecule has 1 aliphatic rings. The maximum atomic E-state index is 12.7. The molecule has 0 N–H and O–H groups in total. The molecule has 1 aliphatic heterocycles. The largest absolute Gasteiger partial charge is 0.337 e. The molecule has 0 spiro atoms. The second-order valence-electron chi connectivity index (χ2n) is 6.39. The molecule has 0 bridgehead atoms. The first-order valence-electron chi connectivity index (χ1n) is 8.89. The Balaban J connectivity index is 1.45. The van der Waals surface area contributed by atoms with Crippen molar-refractivity contribution in [2.75, 3.05) is 6.54 Å². The third-order valence-corrected chi connectivity index (χ3v) is 4.65. The molecule has 6 heteroatoms. The zero-order chi connectivity index (χ0) is 17.8. The molecule has 132 valence electrons. The number of carbonyl (C=O) groups excluding carboxylic acids is 1. The van der Waals surface area contributed by atoms with E-state index >= 15 is 0 Å². The minimum Gasteiger partial charge on any atom is -0.337 e. The van der Waals surface area contributed by atoms with Crippen LogP contribution in [0.4, 0.5) is 0 Å². The molecule has 26 heavy (non-hydrogen) atoms. The fraction of sp³-hybridized carbons (Fsp3) is 0.300. The Hall–Kier alpha value is -3.02. The van der Waals surface area contributed by atoms with E-state index in [0.717, 1.165) is 30.6 Å². The molecule has 1 amide bonds. The summed E-state index contributed by atoms with van der Waals surface area (Å²) >= 11 is 0. The number of carbonyl (C=O) groups is 1. The van der Waals surface area contributed by atoms with Crippen molar-refractivity contribution in [3.05, 3.63) is 66.3 Å². The van der Waals surface area contributed by atoms with E-state index < -0.39 is 0 Å². The van der Waals surface area contributed by atoms with Crippen molar-refractivity contribution in [3.63, 3.8) is 0 Å². The van der Waals surface area contributed by atoms with E-state index in [1.165, 1.54) is 0 Å². The van der Waals surface area contributed by atoms with Crippen LogP contribution in [-0.4, -0.2) is 32.5 Å². The number of rotatable bonds is 5. The average Bonchev–Trinajstić information content (AvgIpc) is 3.37. The van der Waals surface area contributed by atoms with Crippen LogP contribution in [0.2, 0.25) is 0 Å². The number of hydrogen-bond acceptors (Lipinski definition) is 5. The summed E-state index contributed by atoms with van der Waals surface area (Å²) in [4.78, 5) is 23.4. The first kappa shape index (κ1) is 16.4. The van der Waals surface area contributed by atoms with Gasteiger partial charge in [-0.05, 0) is 31.4 Å². The lowest BCUT2D eigenvalue weighted by atomic mass is 10.1. The Morgan fingerprint density at radius 3 is 2.81 bits per heavy atom. The molecule has 0 radical (unpaired) electrons. The van der Waals surface area contributed by atoms with Crippen LogP contribution in [0.15, 0.2) is 59.3 Å². The highest BCUT2D eigenvalue weighted by Crippen LogP contribution is 2.32. The van der Waals surface area contributed by atoms with E-state index in [0.29, 0.717) is 24.6 Å². The fourth-order valence-electron chi connectivity index (χ4n) is 3.32. The van der Waals surface area contributed by atoms with Gasteiger partial charge in [-0.2, -0.15) is 4.98 Å². The summed E-state index contributed by atoms with van der Waals surface area (Å²) in [7, 11) is 0. The van der Waals surface area contributed by atoms with Crippen LogP contribution in [-0.2, 0) is 11.2 Å². The number of pyridine rings is 1. The van der Waals surface area contributed by atoms with Crippen LogP contribution in [0.1, 0.15) is 36.9 Å². The van der Waals surface area contributed by atoms with Gasteiger partial charge in [-0.15, -0.1) is 0 Å². The van der Waals surface area contributed by atoms with E-state index in [9.17, 15) is 4.79 Å². The Morgan fingerprint density at radius 1 is 1.15 bits per heavy atom. The maximum absolute atomic E-state index is 12.7. The Bertz CT molecular complexity index is 864. The Labute approximate surface area is 151 Å². The van der Waals surface area contributed by atoms with E-state index in [1.54, 1.807) is 6.20 Å². The van der Waals surface area contributed by atoms with Crippen LogP contribution in [0.25, 0.3) is 11.4 Å². The number of hydrogen-bond donors (Lipinski definition) is 0. The number of benzene rings is 1. The summed E-state index contributed by atoms with van der Waals surface area (Å²) in [6.45, 7) is 0.731. The van der Waals surface area contributed by atoms with Gasteiger partial charge < -0.3 is 9.42 Å². The van der Waals surface area contributed by atoms with E-state index in [1.807, 2.05) is 53.4 Å². The smallest absolute Gasteiger partial charge is 0.249 e. The molecule has 1 unspecified atom stereocenters. The van der Waals surface area contributed by atoms with Crippen molar-refractivity contribution in [1.82, 2.24) is 20.0 Å². The molecule has 4 rings (SSSR count). The van der Waals surface area contributed by atoms with E-state index in [-0.39, 0.29) is 11.9 Å². The Kier molecular flexibility index (Phi) is 4.73. The summed E-state index contributed by atoms with van der Waals surface area (Å²) in [5, 5.41) is 4.08. The van der Waals surface area contributed by atoms with Crippen LogP contribution in [0, 0.1) is 0 Å². The predicted molar refractivity (Wildman–Crippen MR) is 96.0 cm³/mol. The highest BCUT2D eigenvalue weighted by molar-refractivity contribution is 5.77. The molecule has 1 saturated heterocycles. The van der Waals surface area contributed by atoms with Gasteiger partial charge in [0.05, 0.1) is 0 Å². The van der Waals surface area contributed by atoms with Crippen LogP contribution < -0.4 is 0 Å². The standard InChI is InChI=1S/C20H20N4O2/c25-18(12-11-16-9-4-5-13-21-16)24-14-6-10-17(24)20-22-19(23-26-20)15-7-2-1-3-8-15/h1-5,7-9,13,17H,6,10-12,14H2. The van der Waals surface area contributed by atoms with Crippen molar-refractivity contribution in [2.45, 2.75) is 31.7 Å². The molecule has 6 nitrogen and oxygen atoms in total. The van der Waals surface area contributed by atoms with Gasteiger partial charge in [-0.25, -0.2) is 0 Å². The Morgan fingerprint density at radius 2 is 2.00 bits per heavy atom. The van der Waals surface area contributed by atoms with Gasteiger partial charge in [-0.3, -0.25) is 9.78 Å². The van der Waals surface area contributed by atoms with Crippen molar-refractivity contribution >= 4 is 5.91 Å². The second-order valence-corrected chi connectivity index (χ2v) is 6.39. The molecule has 3 aromatic rings. The van der Waals surface area contributed by atoms with Gasteiger partial charge in [-0.1, -0.05) is 41.6 Å². The monoisotopic (exact) mass is 348 g/mol. The molecule has 1 fully saturated rings. The van der Waals surface area contributed by atoms with Gasteiger partial charge in [0.1, 0.15) is 6.04 Å². The molecule has 1 atom stereocenters. The summed E-state index contributed by atoms with van der Waals surface area (Å²) in [5.41, 5.74) is 1.84. The zero-order valence-electron chi connectivity index (χ0n) is 14.4. The lowest BCUT2D eigenvalue weighted by Gasteiger charge is -2.21. The number of aromatic nitrogens is 3. The molecular formula is C20H20N4O2. The lowest BCUT2D eigenvalue weighted by Crippen LogP contribution is -2.31. The second kappa shape index (κ2) is 7.47. The van der Waals surface area contributed by atoms with Gasteiger partial charge in [0.2, 0.25) is 17.6 Å². The third kappa shape index (κ3) is 3.49. The summed E-state index contributed by atoms with van der Waals surface area (Å²) < 4.78 is 5.48. The highest BCUT2D eigenvalue weighted by atomic mass is 16.5. The van der Waals surface area contributed by atoms with E-state index in [4.69, 9.17) is 4.52 Å². The molecule has 2 aromatic heterocycles. The van der Waals surface area contributed by atoms with Crippen molar-refractivity contribution in [2.24, 2.45) is 0 Å². The first-order valence-corrected chi connectivity index (χ1v) is 8.89. The third-order valence-electron chi connectivity index (χ3n) is 4.65. The van der Waals surface area contributed by atoms with E-state index in [2.05, 4.69) is 15.1 Å². The number of aryl methyl sites for hydroxylation is 1. The quantitative estimate of drug-likeness (QED) is 0.706.